The molecule has 6 aromatic rings. The van der Waals surface area contributed by atoms with Gasteiger partial charge in [-0.15, -0.1) is 0 Å². The van der Waals surface area contributed by atoms with Gasteiger partial charge in [0.2, 0.25) is 0 Å². The number of benzene rings is 4. The number of piperazine rings is 2. The van der Waals surface area contributed by atoms with Crippen molar-refractivity contribution in [3.63, 3.8) is 0 Å². The lowest BCUT2D eigenvalue weighted by molar-refractivity contribution is -0.125. The van der Waals surface area contributed by atoms with E-state index in [1.807, 2.05) is 72.3 Å². The molecule has 0 bridgehead atoms. The fourth-order valence-electron chi connectivity index (χ4n) is 10.5. The third kappa shape index (κ3) is 12.2. The molecule has 0 spiro atoms. The molecule has 0 unspecified atom stereocenters. The van der Waals surface area contributed by atoms with E-state index in [0.717, 1.165) is 49.9 Å². The van der Waals surface area contributed by atoms with Gasteiger partial charge in [0.05, 0.1) is 29.9 Å². The van der Waals surface area contributed by atoms with Crippen LogP contribution >= 0.6 is 0 Å². The average molecular weight is 979 g/mol. The summed E-state index contributed by atoms with van der Waals surface area (Å²) in [5.41, 5.74) is 5.57. The third-order valence-electron chi connectivity index (χ3n) is 14.5. The molecule has 4 fully saturated rings. The molecule has 4 aliphatic rings. The fraction of sp³-hybridized carbons (Fsp3) is 0.448. The summed E-state index contributed by atoms with van der Waals surface area (Å²) >= 11 is 0. The summed E-state index contributed by atoms with van der Waals surface area (Å²) in [5.74, 6) is 0.0245. The normalized spacial score (nSPS) is 20.4. The lowest BCUT2D eigenvalue weighted by Crippen LogP contribution is -2.57. The highest BCUT2D eigenvalue weighted by Crippen LogP contribution is 2.33. The van der Waals surface area contributed by atoms with Crippen LogP contribution in [0.3, 0.4) is 0 Å². The number of ketones is 1. The van der Waals surface area contributed by atoms with Crippen molar-refractivity contribution in [1.29, 1.82) is 0 Å². The predicted molar refractivity (Wildman–Crippen MR) is 285 cm³/mol. The van der Waals surface area contributed by atoms with Gasteiger partial charge in [-0.3, -0.25) is 29.0 Å². The number of rotatable bonds is 12. The van der Waals surface area contributed by atoms with Crippen molar-refractivity contribution in [3.8, 4) is 11.5 Å². The molecule has 4 atom stereocenters. The van der Waals surface area contributed by atoms with Gasteiger partial charge >= 0.3 is 0 Å². The zero-order valence-corrected chi connectivity index (χ0v) is 43.1. The average Bonchev–Trinajstić information content (AvgIpc) is 4.26. The summed E-state index contributed by atoms with van der Waals surface area (Å²) in [4.78, 5) is 70.1. The first-order valence-corrected chi connectivity index (χ1v) is 26.2. The van der Waals surface area contributed by atoms with Gasteiger partial charge in [0.15, 0.2) is 0 Å². The number of amides is 3. The number of hydrogen-bond acceptors (Lipinski definition) is 9. The van der Waals surface area contributed by atoms with Crippen LogP contribution in [0.4, 0.5) is 0 Å². The Bertz CT molecular complexity index is 2760. The molecule has 4 aliphatic heterocycles. The number of likely N-dealkylation sites (tertiary alicyclic amines) is 1. The van der Waals surface area contributed by atoms with Crippen LogP contribution < -0.4 is 14.8 Å². The maximum atomic E-state index is 14.0. The van der Waals surface area contributed by atoms with Gasteiger partial charge in [0.25, 0.3) is 23.5 Å². The summed E-state index contributed by atoms with van der Waals surface area (Å²) in [7, 11) is 0. The molecular formula is C58H74N8O6. The Kier molecular flexibility index (Phi) is 17.5. The summed E-state index contributed by atoms with van der Waals surface area (Å²) < 4.78 is 11.7. The summed E-state index contributed by atoms with van der Waals surface area (Å²) in [6.45, 7) is 21.7. The Hall–Kier alpha value is -6.48. The molecule has 3 N–H and O–H groups in total. The van der Waals surface area contributed by atoms with Crippen LogP contribution in [0.1, 0.15) is 109 Å². The fourth-order valence-corrected chi connectivity index (χ4v) is 10.5. The van der Waals surface area contributed by atoms with Crippen LogP contribution in [0.2, 0.25) is 0 Å². The minimum Gasteiger partial charge on any atom is -0.493 e. The monoisotopic (exact) mass is 979 g/mol. The molecular weight excluding hydrogens is 905 g/mol. The number of H-pyrrole nitrogens is 2. The summed E-state index contributed by atoms with van der Waals surface area (Å²) in [6, 6.07) is 30.9. The second-order valence-corrected chi connectivity index (χ2v) is 19.8. The second kappa shape index (κ2) is 24.3. The molecule has 14 heteroatoms. The molecule has 10 rings (SSSR count). The number of aromatic amines is 2. The van der Waals surface area contributed by atoms with Crippen LogP contribution in [0.5, 0.6) is 11.5 Å². The molecule has 2 aromatic heterocycles. The van der Waals surface area contributed by atoms with E-state index in [1.54, 1.807) is 23.2 Å². The molecule has 14 nitrogen and oxygen atoms in total. The number of carbonyl (C=O) groups is 4. The largest absolute Gasteiger partial charge is 0.493 e. The highest BCUT2D eigenvalue weighted by molar-refractivity contribution is 6.45. The van der Waals surface area contributed by atoms with Crippen molar-refractivity contribution in [3.05, 3.63) is 131 Å². The Morgan fingerprint density at radius 1 is 0.569 bits per heavy atom. The van der Waals surface area contributed by atoms with Crippen molar-refractivity contribution >= 4 is 45.3 Å². The number of nitrogens with one attached hydrogen (secondary N) is 3. The minimum atomic E-state index is -0.544. The van der Waals surface area contributed by atoms with E-state index < -0.39 is 11.7 Å². The van der Waals surface area contributed by atoms with Crippen LogP contribution in [0.15, 0.2) is 103 Å². The van der Waals surface area contributed by atoms with Crippen molar-refractivity contribution in [1.82, 2.24) is 39.8 Å². The molecule has 4 aromatic carbocycles. The predicted octanol–water partition coefficient (Wildman–Crippen LogP) is 8.78. The van der Waals surface area contributed by atoms with Gasteiger partial charge in [-0.05, 0) is 110 Å². The first-order valence-electron chi connectivity index (χ1n) is 26.2. The van der Waals surface area contributed by atoms with E-state index >= 15 is 0 Å². The van der Waals surface area contributed by atoms with E-state index in [4.69, 9.17) is 9.47 Å². The quantitative estimate of drug-likeness (QED) is 0.0810. The first kappa shape index (κ1) is 51.9. The number of carbonyl (C=O) groups excluding carboxylic acids is 4. The van der Waals surface area contributed by atoms with Gasteiger partial charge < -0.3 is 39.5 Å². The molecule has 0 aliphatic carbocycles. The SMILES string of the molecule is C1CCNC1.CCOc1cc2[nH]cc(C(=O)C(=O)N3CCCC3)c2cc1C(=O)N1C[C@H](C)N(Cc2ccccc2)C[C@H]1C.CCOc1cc2[nH]ccc2cc1C(=O)N1C[C@H](C)N(Cc2ccccc2)C[C@H]1C. The number of ether oxygens (including phenoxy) is 2. The molecule has 0 saturated carbocycles. The summed E-state index contributed by atoms with van der Waals surface area (Å²) in [6.07, 6.45) is 8.07. The van der Waals surface area contributed by atoms with Crippen LogP contribution in [0, 0.1) is 0 Å². The Labute approximate surface area is 425 Å². The second-order valence-electron chi connectivity index (χ2n) is 19.8. The number of fused-ring (bicyclic) bond motifs is 2. The maximum absolute atomic E-state index is 14.0. The van der Waals surface area contributed by atoms with Gasteiger partial charge in [0.1, 0.15) is 11.5 Å². The highest BCUT2D eigenvalue weighted by atomic mass is 16.5. The van der Waals surface area contributed by atoms with Crippen LogP contribution in [-0.2, 0) is 17.9 Å². The van der Waals surface area contributed by atoms with E-state index in [0.29, 0.717) is 84.5 Å². The lowest BCUT2D eigenvalue weighted by Gasteiger charge is -2.44. The molecule has 0 radical (unpaired) electrons. The smallest absolute Gasteiger partial charge is 0.295 e. The van der Waals surface area contributed by atoms with Crippen molar-refractivity contribution in [2.45, 2.75) is 104 Å². The topological polar surface area (TPSA) is 147 Å². The maximum Gasteiger partial charge on any atom is 0.295 e. The van der Waals surface area contributed by atoms with Crippen LogP contribution in [-0.4, -0.2) is 148 Å². The van der Waals surface area contributed by atoms with Crippen molar-refractivity contribution in [2.24, 2.45) is 0 Å². The van der Waals surface area contributed by atoms with E-state index in [1.165, 1.54) is 37.1 Å². The summed E-state index contributed by atoms with van der Waals surface area (Å²) in [5, 5.41) is 4.82. The minimum absolute atomic E-state index is 0.00310. The zero-order valence-electron chi connectivity index (χ0n) is 43.1. The Balaban J connectivity index is 0.000000180. The van der Waals surface area contributed by atoms with Gasteiger partial charge in [-0.25, -0.2) is 0 Å². The van der Waals surface area contributed by atoms with E-state index in [9.17, 15) is 19.2 Å². The highest BCUT2D eigenvalue weighted by Gasteiger charge is 2.36. The zero-order chi connectivity index (χ0) is 50.7. The Morgan fingerprint density at radius 2 is 1.08 bits per heavy atom. The van der Waals surface area contributed by atoms with E-state index in [-0.39, 0.29) is 29.9 Å². The standard InChI is InChI=1S/C30H36N4O4.C24H29N3O2.C4H9N/c1-4-38-27-15-26-23(25(16-31-26)28(35)30(37)32-12-8-9-13-32)14-24(27)29(36)34-18-20(2)33(17-21(34)3)19-22-10-6-5-7-11-22;1-4-29-23-13-22-20(10-11-25-22)12-21(23)24(28)27-15-17(2)26(14-18(27)3)16-19-8-6-5-7-9-19;1-2-4-5-3-1/h5-7,10-11,14-16,20-21,31H,4,8-9,12-13,17-19H2,1-3H3;5-13,17-18,25H,4,14-16H2,1-3H3;5H,1-4H2/t20-,21+;17-,18+;/m00./s1. The Morgan fingerprint density at radius 3 is 1.58 bits per heavy atom. The molecule has 3 amide bonds. The number of nitrogens with zero attached hydrogens (tertiary/aromatic N) is 5. The first-order chi connectivity index (χ1) is 34.9. The van der Waals surface area contributed by atoms with Crippen LogP contribution in [0.25, 0.3) is 21.8 Å². The van der Waals surface area contributed by atoms with E-state index in [2.05, 4.69) is 89.2 Å². The van der Waals surface area contributed by atoms with Crippen molar-refractivity contribution < 1.29 is 28.7 Å². The van der Waals surface area contributed by atoms with Gasteiger partial charge in [0, 0.05) is 123 Å². The molecule has 4 saturated heterocycles. The lowest BCUT2D eigenvalue weighted by atomic mass is 10.0. The van der Waals surface area contributed by atoms with Crippen molar-refractivity contribution in [2.75, 3.05) is 65.6 Å². The molecule has 382 valence electrons. The molecule has 72 heavy (non-hydrogen) atoms. The number of Topliss-reactive ketones (excluding diaryl/α,β-unsaturated/α-hetero) is 1. The third-order valence-corrected chi connectivity index (χ3v) is 14.5. The number of aromatic nitrogens is 2. The van der Waals surface area contributed by atoms with Gasteiger partial charge in [-0.2, -0.15) is 0 Å². The molecule has 6 heterocycles. The number of hydrogen-bond donors (Lipinski definition) is 3. The van der Waals surface area contributed by atoms with Gasteiger partial charge in [-0.1, -0.05) is 60.7 Å².